The molecule has 0 saturated carbocycles. The summed E-state index contributed by atoms with van der Waals surface area (Å²) in [6.45, 7) is 8.12. The van der Waals surface area contributed by atoms with E-state index >= 15 is 0 Å². The molecule has 0 aliphatic rings. The van der Waals surface area contributed by atoms with Crippen LogP contribution in [0.25, 0.3) is 16.6 Å². The number of amides is 1. The smallest absolute Gasteiger partial charge is 0.293 e. The predicted molar refractivity (Wildman–Crippen MR) is 117 cm³/mol. The zero-order valence-electron chi connectivity index (χ0n) is 18.0. The van der Waals surface area contributed by atoms with Crippen LogP contribution < -0.4 is 10.9 Å². The fourth-order valence-electron chi connectivity index (χ4n) is 3.47. The minimum Gasteiger partial charge on any atom is -0.467 e. The lowest BCUT2D eigenvalue weighted by Crippen LogP contribution is -2.34. The average Bonchev–Trinajstić information content (AvgIpc) is 3.40. The van der Waals surface area contributed by atoms with Gasteiger partial charge < -0.3 is 9.73 Å². The molecule has 31 heavy (non-hydrogen) atoms. The van der Waals surface area contributed by atoms with Crippen LogP contribution in [0.2, 0.25) is 0 Å². The highest BCUT2D eigenvalue weighted by atomic mass is 16.3. The molecule has 8 heteroatoms. The number of fused-ring (bicyclic) bond motifs is 1. The number of hydrogen-bond acceptors (Lipinski definition) is 5. The van der Waals surface area contributed by atoms with Gasteiger partial charge in [-0.2, -0.15) is 10.2 Å². The molecule has 4 rings (SSSR count). The van der Waals surface area contributed by atoms with Crippen LogP contribution in [-0.2, 0) is 17.9 Å². The molecule has 0 atom stereocenters. The molecule has 1 N–H and O–H groups in total. The number of nitrogens with one attached hydrogen (secondary N) is 1. The molecule has 0 fully saturated rings. The number of carbonyl (C=O) groups excluding carboxylic acids is 1. The SMILES string of the molecule is Cc1ccc(-n2ncc3c(C(C)C)nn(CC(=O)NCc4ccco4)c(=O)c32)cc1C. The van der Waals surface area contributed by atoms with Crippen molar-refractivity contribution in [3.05, 3.63) is 75.7 Å². The van der Waals surface area contributed by atoms with Crippen molar-refractivity contribution in [2.45, 2.75) is 46.7 Å². The third kappa shape index (κ3) is 4.01. The molecular weight excluding hydrogens is 394 g/mol. The Morgan fingerprint density at radius 3 is 2.68 bits per heavy atom. The van der Waals surface area contributed by atoms with Gasteiger partial charge in [0.15, 0.2) is 0 Å². The Bertz CT molecular complexity index is 1300. The van der Waals surface area contributed by atoms with Gasteiger partial charge in [-0.1, -0.05) is 19.9 Å². The van der Waals surface area contributed by atoms with Gasteiger partial charge >= 0.3 is 0 Å². The lowest BCUT2D eigenvalue weighted by atomic mass is 10.1. The van der Waals surface area contributed by atoms with E-state index in [1.54, 1.807) is 29.3 Å². The number of nitrogens with zero attached hydrogens (tertiary/aromatic N) is 4. The summed E-state index contributed by atoms with van der Waals surface area (Å²) in [5.41, 5.74) is 3.85. The quantitative estimate of drug-likeness (QED) is 0.518. The Morgan fingerprint density at radius 1 is 1.19 bits per heavy atom. The molecule has 0 unspecified atom stereocenters. The first-order valence-electron chi connectivity index (χ1n) is 10.2. The second-order valence-electron chi connectivity index (χ2n) is 7.95. The van der Waals surface area contributed by atoms with Gasteiger partial charge in [0.1, 0.15) is 17.8 Å². The summed E-state index contributed by atoms with van der Waals surface area (Å²) in [6.07, 6.45) is 3.22. The third-order valence-corrected chi connectivity index (χ3v) is 5.33. The highest BCUT2D eigenvalue weighted by Crippen LogP contribution is 2.23. The van der Waals surface area contributed by atoms with Crippen molar-refractivity contribution >= 4 is 16.8 Å². The van der Waals surface area contributed by atoms with Crippen molar-refractivity contribution in [2.24, 2.45) is 0 Å². The van der Waals surface area contributed by atoms with Crippen LogP contribution >= 0.6 is 0 Å². The van der Waals surface area contributed by atoms with Crippen molar-refractivity contribution in [3.63, 3.8) is 0 Å². The summed E-state index contributed by atoms with van der Waals surface area (Å²) in [4.78, 5) is 25.8. The van der Waals surface area contributed by atoms with Crippen LogP contribution in [0.5, 0.6) is 0 Å². The summed E-state index contributed by atoms with van der Waals surface area (Å²) in [5.74, 6) is 0.370. The number of rotatable bonds is 6. The number of hydrogen-bond donors (Lipinski definition) is 1. The van der Waals surface area contributed by atoms with Crippen molar-refractivity contribution in [1.29, 1.82) is 0 Å². The lowest BCUT2D eigenvalue weighted by Gasteiger charge is -2.12. The molecule has 0 aliphatic carbocycles. The molecule has 160 valence electrons. The minimum absolute atomic E-state index is 0.0536. The van der Waals surface area contributed by atoms with Gasteiger partial charge in [-0.25, -0.2) is 9.36 Å². The topological polar surface area (TPSA) is 94.9 Å². The minimum atomic E-state index is -0.358. The monoisotopic (exact) mass is 419 g/mol. The van der Waals surface area contributed by atoms with Gasteiger partial charge in [0.2, 0.25) is 5.91 Å². The first-order chi connectivity index (χ1) is 14.8. The van der Waals surface area contributed by atoms with Crippen LogP contribution in [0.4, 0.5) is 0 Å². The Kier molecular flexibility index (Phi) is 5.46. The first kappa shape index (κ1) is 20.6. The second kappa shape index (κ2) is 8.22. The molecule has 0 saturated heterocycles. The molecule has 3 aromatic heterocycles. The second-order valence-corrected chi connectivity index (χ2v) is 7.95. The van der Waals surface area contributed by atoms with Crippen molar-refractivity contribution in [3.8, 4) is 5.69 Å². The molecule has 1 aromatic carbocycles. The lowest BCUT2D eigenvalue weighted by molar-refractivity contribution is -0.122. The van der Waals surface area contributed by atoms with E-state index < -0.39 is 0 Å². The van der Waals surface area contributed by atoms with E-state index in [-0.39, 0.29) is 30.5 Å². The number of carbonyl (C=O) groups is 1. The van der Waals surface area contributed by atoms with E-state index in [2.05, 4.69) is 15.5 Å². The van der Waals surface area contributed by atoms with Gasteiger partial charge in [0, 0.05) is 5.39 Å². The maximum Gasteiger partial charge on any atom is 0.293 e. The molecule has 0 spiro atoms. The van der Waals surface area contributed by atoms with Crippen LogP contribution in [-0.4, -0.2) is 25.5 Å². The molecule has 4 aromatic rings. The van der Waals surface area contributed by atoms with Crippen LogP contribution in [0, 0.1) is 13.8 Å². The van der Waals surface area contributed by atoms with Gasteiger partial charge in [-0.3, -0.25) is 9.59 Å². The van der Waals surface area contributed by atoms with E-state index in [1.807, 2.05) is 45.9 Å². The fraction of sp³-hybridized carbons (Fsp3) is 0.304. The number of benzene rings is 1. The molecule has 0 aliphatic heterocycles. The number of aromatic nitrogens is 4. The molecular formula is C23H25N5O3. The van der Waals surface area contributed by atoms with Crippen molar-refractivity contribution in [2.75, 3.05) is 0 Å². The van der Waals surface area contributed by atoms with Crippen LogP contribution in [0.1, 0.15) is 42.3 Å². The highest BCUT2D eigenvalue weighted by Gasteiger charge is 2.20. The number of aryl methyl sites for hydroxylation is 2. The fourth-order valence-corrected chi connectivity index (χ4v) is 3.47. The molecule has 0 radical (unpaired) electrons. The van der Waals surface area contributed by atoms with E-state index in [4.69, 9.17) is 4.42 Å². The van der Waals surface area contributed by atoms with E-state index in [1.165, 1.54) is 4.68 Å². The predicted octanol–water partition coefficient (Wildman–Crippen LogP) is 3.23. The Labute approximate surface area is 179 Å². The Morgan fingerprint density at radius 2 is 2.00 bits per heavy atom. The largest absolute Gasteiger partial charge is 0.467 e. The normalized spacial score (nSPS) is 11.4. The molecule has 0 bridgehead atoms. The average molecular weight is 419 g/mol. The van der Waals surface area contributed by atoms with Gasteiger partial charge in [-0.05, 0) is 55.2 Å². The summed E-state index contributed by atoms with van der Waals surface area (Å²) in [5, 5.41) is 12.4. The highest BCUT2D eigenvalue weighted by molar-refractivity contribution is 5.82. The summed E-state index contributed by atoms with van der Waals surface area (Å²) >= 11 is 0. The number of furan rings is 1. The molecule has 8 nitrogen and oxygen atoms in total. The standard InChI is InChI=1S/C23H25N5O3/c1-14(2)21-19-12-25-28(17-8-7-15(3)16(4)10-17)22(19)23(30)27(26-21)13-20(29)24-11-18-6-5-9-31-18/h5-10,12,14H,11,13H2,1-4H3,(H,24,29). The van der Waals surface area contributed by atoms with E-state index in [9.17, 15) is 9.59 Å². The first-order valence-corrected chi connectivity index (χ1v) is 10.2. The van der Waals surface area contributed by atoms with E-state index in [0.29, 0.717) is 16.7 Å². The molecule has 3 heterocycles. The summed E-state index contributed by atoms with van der Waals surface area (Å²) in [6, 6.07) is 9.46. The van der Waals surface area contributed by atoms with Crippen LogP contribution in [0.15, 0.2) is 52.0 Å². The maximum atomic E-state index is 13.3. The van der Waals surface area contributed by atoms with Gasteiger partial charge in [0.05, 0.1) is 30.4 Å². The molecule has 1 amide bonds. The maximum absolute atomic E-state index is 13.3. The van der Waals surface area contributed by atoms with Gasteiger partial charge in [0.25, 0.3) is 5.56 Å². The van der Waals surface area contributed by atoms with Gasteiger partial charge in [-0.15, -0.1) is 0 Å². The van der Waals surface area contributed by atoms with Crippen LogP contribution in [0.3, 0.4) is 0 Å². The Balaban J connectivity index is 1.75. The zero-order chi connectivity index (χ0) is 22.1. The Hall–Kier alpha value is -3.68. The summed E-state index contributed by atoms with van der Waals surface area (Å²) in [7, 11) is 0. The van der Waals surface area contributed by atoms with Crippen molar-refractivity contribution < 1.29 is 9.21 Å². The summed E-state index contributed by atoms with van der Waals surface area (Å²) < 4.78 is 8.08. The zero-order valence-corrected chi connectivity index (χ0v) is 18.0. The third-order valence-electron chi connectivity index (χ3n) is 5.33. The van der Waals surface area contributed by atoms with Crippen molar-refractivity contribution in [1.82, 2.24) is 24.9 Å². The van der Waals surface area contributed by atoms with E-state index in [0.717, 1.165) is 22.5 Å².